The van der Waals surface area contributed by atoms with Crippen molar-refractivity contribution in [2.75, 3.05) is 4.90 Å². The van der Waals surface area contributed by atoms with Crippen molar-refractivity contribution < 1.29 is 13.6 Å². The maximum absolute atomic E-state index is 14.2. The van der Waals surface area contributed by atoms with Gasteiger partial charge in [0.1, 0.15) is 11.6 Å². The van der Waals surface area contributed by atoms with Gasteiger partial charge in [-0.1, -0.05) is 66.4 Å². The van der Waals surface area contributed by atoms with Crippen LogP contribution in [0.3, 0.4) is 0 Å². The summed E-state index contributed by atoms with van der Waals surface area (Å²) in [6, 6.07) is 20.3. The number of benzene rings is 3. The number of fused-ring (bicyclic) bond motifs is 1. The van der Waals surface area contributed by atoms with Gasteiger partial charge in [0.2, 0.25) is 0 Å². The average Bonchev–Trinajstić information content (AvgIpc) is 3.26. The third-order valence-electron chi connectivity index (χ3n) is 5.26. The molecule has 1 amide bonds. The Labute approximate surface area is 193 Å². The fraction of sp³-hybridized carbons (Fsp3) is 0.0400. The van der Waals surface area contributed by atoms with Crippen molar-refractivity contribution in [1.29, 1.82) is 0 Å². The molecule has 1 aliphatic heterocycles. The standard InChI is InChI=1S/C25H16F2N2OS2/c26-18-7-5-8-19(13-18)29-24(30)23(32-25(29)31)12-17-15-28(22-11-4-2-9-20(17)22)14-16-6-1-3-10-21(16)27/h1-13,15H,14H2/b23-12+. The van der Waals surface area contributed by atoms with Gasteiger partial charge >= 0.3 is 0 Å². The lowest BCUT2D eigenvalue weighted by Gasteiger charge is -2.14. The molecular weight excluding hydrogens is 446 g/mol. The van der Waals surface area contributed by atoms with E-state index in [-0.39, 0.29) is 11.7 Å². The zero-order chi connectivity index (χ0) is 22.2. The summed E-state index contributed by atoms with van der Waals surface area (Å²) in [6.45, 7) is 0.366. The normalized spacial score (nSPS) is 15.3. The maximum Gasteiger partial charge on any atom is 0.270 e. The van der Waals surface area contributed by atoms with Crippen LogP contribution in [0.15, 0.2) is 83.9 Å². The van der Waals surface area contributed by atoms with Crippen LogP contribution in [0, 0.1) is 11.6 Å². The fourth-order valence-corrected chi connectivity index (χ4v) is 5.07. The Bertz CT molecular complexity index is 1410. The number of carbonyl (C=O) groups excluding carboxylic acids is 1. The molecule has 1 aliphatic rings. The topological polar surface area (TPSA) is 25.2 Å². The highest BCUT2D eigenvalue weighted by Gasteiger charge is 2.33. The summed E-state index contributed by atoms with van der Waals surface area (Å²) in [5, 5.41) is 0.944. The minimum atomic E-state index is -0.434. The number of nitrogens with zero attached hydrogens (tertiary/aromatic N) is 2. The minimum absolute atomic E-state index is 0.261. The lowest BCUT2D eigenvalue weighted by molar-refractivity contribution is -0.113. The molecule has 158 valence electrons. The van der Waals surface area contributed by atoms with Gasteiger partial charge < -0.3 is 4.57 Å². The van der Waals surface area contributed by atoms with Gasteiger partial charge in [0.15, 0.2) is 4.32 Å². The first-order valence-corrected chi connectivity index (χ1v) is 11.1. The number of anilines is 1. The van der Waals surface area contributed by atoms with Gasteiger partial charge in [-0.25, -0.2) is 8.78 Å². The predicted molar refractivity (Wildman–Crippen MR) is 129 cm³/mol. The quantitative estimate of drug-likeness (QED) is 0.260. The Hall–Kier alpha value is -3.29. The minimum Gasteiger partial charge on any atom is -0.342 e. The summed E-state index contributed by atoms with van der Waals surface area (Å²) in [6.07, 6.45) is 3.70. The number of carbonyl (C=O) groups is 1. The molecule has 3 nitrogen and oxygen atoms in total. The Kier molecular flexibility index (Phi) is 5.36. The van der Waals surface area contributed by atoms with Gasteiger partial charge in [-0.05, 0) is 36.4 Å². The van der Waals surface area contributed by atoms with Gasteiger partial charge in [-0.2, -0.15) is 0 Å². The van der Waals surface area contributed by atoms with Crippen LogP contribution in [-0.2, 0) is 11.3 Å². The zero-order valence-corrected chi connectivity index (χ0v) is 18.3. The molecule has 0 bridgehead atoms. The average molecular weight is 463 g/mol. The lowest BCUT2D eigenvalue weighted by Crippen LogP contribution is -2.27. The van der Waals surface area contributed by atoms with E-state index in [0.29, 0.717) is 27.0 Å². The molecule has 32 heavy (non-hydrogen) atoms. The summed E-state index contributed by atoms with van der Waals surface area (Å²) in [4.78, 5) is 14.9. The van der Waals surface area contributed by atoms with Crippen molar-refractivity contribution in [2.45, 2.75) is 6.54 Å². The molecule has 0 aliphatic carbocycles. The number of para-hydroxylation sites is 1. The molecule has 0 spiro atoms. The van der Waals surface area contributed by atoms with Crippen molar-refractivity contribution in [2.24, 2.45) is 0 Å². The van der Waals surface area contributed by atoms with Gasteiger partial charge in [-0.3, -0.25) is 9.69 Å². The molecule has 2 heterocycles. The molecule has 4 aromatic rings. The van der Waals surface area contributed by atoms with Crippen LogP contribution in [0.2, 0.25) is 0 Å². The Morgan fingerprint density at radius 2 is 1.75 bits per heavy atom. The van der Waals surface area contributed by atoms with E-state index in [1.165, 1.54) is 34.9 Å². The van der Waals surface area contributed by atoms with E-state index >= 15 is 0 Å². The highest BCUT2D eigenvalue weighted by molar-refractivity contribution is 8.27. The van der Waals surface area contributed by atoms with Crippen LogP contribution in [0.4, 0.5) is 14.5 Å². The smallest absolute Gasteiger partial charge is 0.270 e. The first-order chi connectivity index (χ1) is 15.5. The van der Waals surface area contributed by atoms with E-state index in [1.807, 2.05) is 41.1 Å². The maximum atomic E-state index is 14.2. The molecule has 3 aromatic carbocycles. The molecule has 0 N–H and O–H groups in total. The first-order valence-electron chi connectivity index (χ1n) is 9.86. The Morgan fingerprint density at radius 3 is 2.56 bits per heavy atom. The van der Waals surface area contributed by atoms with Crippen molar-refractivity contribution in [3.8, 4) is 0 Å². The number of hydrogen-bond acceptors (Lipinski definition) is 3. The molecule has 0 radical (unpaired) electrons. The molecule has 0 unspecified atom stereocenters. The Balaban J connectivity index is 1.53. The van der Waals surface area contributed by atoms with Crippen LogP contribution in [0.5, 0.6) is 0 Å². The van der Waals surface area contributed by atoms with Crippen LogP contribution < -0.4 is 4.90 Å². The second kappa shape index (κ2) is 8.33. The monoisotopic (exact) mass is 462 g/mol. The number of aromatic nitrogens is 1. The van der Waals surface area contributed by atoms with Gasteiger partial charge in [0, 0.05) is 28.2 Å². The van der Waals surface area contributed by atoms with E-state index in [2.05, 4.69) is 0 Å². The third-order valence-corrected chi connectivity index (χ3v) is 6.57. The molecule has 1 fully saturated rings. The summed E-state index contributed by atoms with van der Waals surface area (Å²) in [5.41, 5.74) is 2.74. The Morgan fingerprint density at radius 1 is 0.969 bits per heavy atom. The zero-order valence-electron chi connectivity index (χ0n) is 16.7. The van der Waals surface area contributed by atoms with E-state index in [0.717, 1.165) is 16.5 Å². The van der Waals surface area contributed by atoms with Crippen LogP contribution in [-0.4, -0.2) is 14.8 Å². The highest BCUT2D eigenvalue weighted by atomic mass is 32.2. The van der Waals surface area contributed by atoms with Crippen molar-refractivity contribution >= 4 is 56.9 Å². The number of halogens is 2. The second-order valence-electron chi connectivity index (χ2n) is 7.32. The molecule has 1 saturated heterocycles. The number of thiocarbonyl (C=S) groups is 1. The van der Waals surface area contributed by atoms with Gasteiger partial charge in [0.25, 0.3) is 5.91 Å². The molecule has 0 atom stereocenters. The highest BCUT2D eigenvalue weighted by Crippen LogP contribution is 2.37. The summed E-state index contributed by atoms with van der Waals surface area (Å²) >= 11 is 6.57. The van der Waals surface area contributed by atoms with E-state index in [9.17, 15) is 13.6 Å². The number of thioether (sulfide) groups is 1. The van der Waals surface area contributed by atoms with E-state index in [1.54, 1.807) is 30.3 Å². The number of rotatable bonds is 4. The molecule has 7 heteroatoms. The van der Waals surface area contributed by atoms with E-state index < -0.39 is 5.82 Å². The van der Waals surface area contributed by atoms with E-state index in [4.69, 9.17) is 12.2 Å². The van der Waals surface area contributed by atoms with Crippen molar-refractivity contribution in [3.63, 3.8) is 0 Å². The molecule has 0 saturated carbocycles. The summed E-state index contributed by atoms with van der Waals surface area (Å²) in [5.74, 6) is -0.990. The molecule has 1 aromatic heterocycles. The molecule has 5 rings (SSSR count). The van der Waals surface area contributed by atoms with Crippen LogP contribution in [0.1, 0.15) is 11.1 Å². The lowest BCUT2D eigenvalue weighted by atomic mass is 10.1. The third kappa shape index (κ3) is 3.74. The second-order valence-corrected chi connectivity index (χ2v) is 8.99. The SMILES string of the molecule is O=C1/C(=C\c2cn(Cc3ccccc3F)c3ccccc23)SC(=S)N1c1cccc(F)c1. The predicted octanol–water partition coefficient (Wildman–Crippen LogP) is 6.37. The summed E-state index contributed by atoms with van der Waals surface area (Å²) in [7, 11) is 0. The largest absolute Gasteiger partial charge is 0.342 e. The van der Waals surface area contributed by atoms with Crippen molar-refractivity contribution in [3.05, 3.63) is 107 Å². The fourth-order valence-electron chi connectivity index (χ4n) is 3.78. The summed E-state index contributed by atoms with van der Waals surface area (Å²) < 4.78 is 30.2. The molecular formula is C25H16F2N2OS2. The number of amides is 1. The van der Waals surface area contributed by atoms with Gasteiger partial charge in [0.05, 0.1) is 17.1 Å². The number of hydrogen-bond donors (Lipinski definition) is 0. The first kappa shape index (κ1) is 20.6. The van der Waals surface area contributed by atoms with Crippen molar-refractivity contribution in [1.82, 2.24) is 4.57 Å². The van der Waals surface area contributed by atoms with Crippen LogP contribution >= 0.6 is 24.0 Å². The van der Waals surface area contributed by atoms with Gasteiger partial charge in [-0.15, -0.1) is 0 Å². The van der Waals surface area contributed by atoms with Crippen LogP contribution in [0.25, 0.3) is 17.0 Å².